The van der Waals surface area contributed by atoms with Crippen LogP contribution >= 0.6 is 15.9 Å². The third kappa shape index (κ3) is 3.25. The summed E-state index contributed by atoms with van der Waals surface area (Å²) in [4.78, 5) is 13.5. The summed E-state index contributed by atoms with van der Waals surface area (Å²) in [5, 5.41) is 0.619. The number of alkyl halides is 1. The quantitative estimate of drug-likeness (QED) is 0.783. The molecule has 0 unspecified atom stereocenters. The van der Waals surface area contributed by atoms with E-state index in [1.165, 1.54) is 17.9 Å². The van der Waals surface area contributed by atoms with Gasteiger partial charge in [-0.2, -0.15) is 0 Å². The van der Waals surface area contributed by atoms with Crippen molar-refractivity contribution in [3.63, 3.8) is 0 Å². The van der Waals surface area contributed by atoms with Gasteiger partial charge in [0.05, 0.1) is 5.56 Å². The first kappa shape index (κ1) is 14.1. The Balaban J connectivity index is 3.07. The molecule has 2 nitrogen and oxygen atoms in total. The van der Waals surface area contributed by atoms with Crippen molar-refractivity contribution in [1.29, 1.82) is 0 Å². The van der Waals surface area contributed by atoms with E-state index in [0.29, 0.717) is 18.4 Å². The lowest BCUT2D eigenvalue weighted by atomic mass is 10.1. The van der Waals surface area contributed by atoms with E-state index in [1.54, 1.807) is 0 Å². The van der Waals surface area contributed by atoms with Gasteiger partial charge < -0.3 is 4.90 Å². The number of hydrogen-bond donors (Lipinski definition) is 0. The summed E-state index contributed by atoms with van der Waals surface area (Å²) >= 11 is 3.23. The van der Waals surface area contributed by atoms with Crippen LogP contribution in [0.25, 0.3) is 0 Å². The molecule has 1 aromatic rings. The average Bonchev–Trinajstić information content (AvgIpc) is 2.30. The number of amides is 1. The maximum Gasteiger partial charge on any atom is 0.256 e. The largest absolute Gasteiger partial charge is 0.338 e. The molecule has 5 heteroatoms. The normalized spacial score (nSPS) is 10.4. The molecule has 0 heterocycles. The Morgan fingerprint density at radius 2 is 2.00 bits per heavy atom. The molecule has 0 spiro atoms. The standard InChI is InChI=1S/C12H14BrF2NO/c1-3-16(5-4-13)12(17)9-6-8(2)10(14)7-11(9)15/h6-7H,3-5H2,1-2H3. The average molecular weight is 306 g/mol. The van der Waals surface area contributed by atoms with Crippen LogP contribution < -0.4 is 0 Å². The molecule has 1 rings (SSSR count). The fraction of sp³-hybridized carbons (Fsp3) is 0.417. The van der Waals surface area contributed by atoms with Gasteiger partial charge >= 0.3 is 0 Å². The number of rotatable bonds is 4. The van der Waals surface area contributed by atoms with Gasteiger partial charge in [-0.25, -0.2) is 8.78 Å². The molecule has 0 radical (unpaired) electrons. The molecular formula is C12H14BrF2NO. The van der Waals surface area contributed by atoms with Crippen molar-refractivity contribution in [2.24, 2.45) is 0 Å². The fourth-order valence-corrected chi connectivity index (χ4v) is 1.92. The molecular weight excluding hydrogens is 292 g/mol. The number of carbonyl (C=O) groups excluding carboxylic acids is 1. The van der Waals surface area contributed by atoms with Gasteiger partial charge in [-0.3, -0.25) is 4.79 Å². The minimum absolute atomic E-state index is 0.0771. The Bertz CT molecular complexity index is 423. The van der Waals surface area contributed by atoms with Crippen LogP contribution in [0.1, 0.15) is 22.8 Å². The molecule has 17 heavy (non-hydrogen) atoms. The highest BCUT2D eigenvalue weighted by atomic mass is 79.9. The van der Waals surface area contributed by atoms with Crippen LogP contribution in [0.4, 0.5) is 8.78 Å². The van der Waals surface area contributed by atoms with Crippen molar-refractivity contribution in [3.05, 3.63) is 34.9 Å². The van der Waals surface area contributed by atoms with Crippen LogP contribution in [0.15, 0.2) is 12.1 Å². The molecule has 1 aromatic carbocycles. The number of carbonyl (C=O) groups is 1. The van der Waals surface area contributed by atoms with Gasteiger partial charge in [-0.15, -0.1) is 0 Å². The lowest BCUT2D eigenvalue weighted by Crippen LogP contribution is -2.33. The van der Waals surface area contributed by atoms with Crippen molar-refractivity contribution < 1.29 is 13.6 Å². The first-order chi connectivity index (χ1) is 8.01. The van der Waals surface area contributed by atoms with E-state index in [2.05, 4.69) is 15.9 Å². The van der Waals surface area contributed by atoms with Crippen LogP contribution in [0.3, 0.4) is 0 Å². The highest BCUT2D eigenvalue weighted by Crippen LogP contribution is 2.16. The minimum Gasteiger partial charge on any atom is -0.338 e. The van der Waals surface area contributed by atoms with Gasteiger partial charge in [0.2, 0.25) is 0 Å². The van der Waals surface area contributed by atoms with Gasteiger partial charge in [0.25, 0.3) is 5.91 Å². The first-order valence-electron chi connectivity index (χ1n) is 5.32. The number of aryl methyl sites for hydroxylation is 1. The second kappa shape index (κ2) is 6.10. The van der Waals surface area contributed by atoms with Gasteiger partial charge in [-0.1, -0.05) is 15.9 Å². The molecule has 0 aliphatic heterocycles. The highest BCUT2D eigenvalue weighted by Gasteiger charge is 2.19. The summed E-state index contributed by atoms with van der Waals surface area (Å²) in [7, 11) is 0. The van der Waals surface area contributed by atoms with Crippen LogP contribution in [0, 0.1) is 18.6 Å². The Morgan fingerprint density at radius 1 is 1.35 bits per heavy atom. The van der Waals surface area contributed by atoms with Crippen LogP contribution in [-0.4, -0.2) is 29.2 Å². The third-order valence-corrected chi connectivity index (χ3v) is 2.86. The Kier molecular flexibility index (Phi) is 5.05. The summed E-state index contributed by atoms with van der Waals surface area (Å²) < 4.78 is 26.6. The van der Waals surface area contributed by atoms with E-state index in [9.17, 15) is 13.6 Å². The molecule has 0 aliphatic rings. The van der Waals surface area contributed by atoms with Crippen LogP contribution in [0.2, 0.25) is 0 Å². The van der Waals surface area contributed by atoms with Gasteiger partial charge in [0.15, 0.2) is 0 Å². The van der Waals surface area contributed by atoms with Crippen molar-refractivity contribution in [2.75, 3.05) is 18.4 Å². The number of benzene rings is 1. The lowest BCUT2D eigenvalue weighted by Gasteiger charge is -2.20. The van der Waals surface area contributed by atoms with E-state index in [0.717, 1.165) is 6.07 Å². The Hall–Kier alpha value is -0.970. The molecule has 0 aromatic heterocycles. The van der Waals surface area contributed by atoms with E-state index in [-0.39, 0.29) is 11.1 Å². The number of hydrogen-bond acceptors (Lipinski definition) is 1. The van der Waals surface area contributed by atoms with E-state index < -0.39 is 17.5 Å². The molecule has 0 bridgehead atoms. The van der Waals surface area contributed by atoms with Crippen LogP contribution in [0.5, 0.6) is 0 Å². The Morgan fingerprint density at radius 3 is 2.53 bits per heavy atom. The maximum atomic E-state index is 13.5. The Labute approximate surface area is 108 Å². The zero-order valence-electron chi connectivity index (χ0n) is 9.77. The van der Waals surface area contributed by atoms with Crippen molar-refractivity contribution in [1.82, 2.24) is 4.90 Å². The summed E-state index contributed by atoms with van der Waals surface area (Å²) in [6, 6.07) is 2.01. The number of nitrogens with zero attached hydrogens (tertiary/aromatic N) is 1. The smallest absolute Gasteiger partial charge is 0.256 e. The summed E-state index contributed by atoms with van der Waals surface area (Å²) in [5.74, 6) is -1.86. The molecule has 94 valence electrons. The molecule has 0 atom stereocenters. The zero-order chi connectivity index (χ0) is 13.0. The molecule has 0 saturated carbocycles. The summed E-state index contributed by atoms with van der Waals surface area (Å²) in [5.41, 5.74) is 0.191. The van der Waals surface area contributed by atoms with E-state index in [4.69, 9.17) is 0 Å². The molecule has 0 N–H and O–H groups in total. The van der Waals surface area contributed by atoms with Crippen LogP contribution in [-0.2, 0) is 0 Å². The maximum absolute atomic E-state index is 13.5. The fourth-order valence-electron chi connectivity index (χ4n) is 1.50. The van der Waals surface area contributed by atoms with Gasteiger partial charge in [0.1, 0.15) is 11.6 Å². The number of halogens is 3. The summed E-state index contributed by atoms with van der Waals surface area (Å²) in [6.45, 7) is 4.30. The first-order valence-corrected chi connectivity index (χ1v) is 6.44. The predicted molar refractivity (Wildman–Crippen MR) is 66.5 cm³/mol. The zero-order valence-corrected chi connectivity index (χ0v) is 11.4. The van der Waals surface area contributed by atoms with Crippen molar-refractivity contribution in [3.8, 4) is 0 Å². The topological polar surface area (TPSA) is 20.3 Å². The summed E-state index contributed by atoms with van der Waals surface area (Å²) in [6.07, 6.45) is 0. The SMILES string of the molecule is CCN(CCBr)C(=O)c1cc(C)c(F)cc1F. The van der Waals surface area contributed by atoms with E-state index >= 15 is 0 Å². The minimum atomic E-state index is -0.814. The monoisotopic (exact) mass is 305 g/mol. The van der Waals surface area contributed by atoms with Gasteiger partial charge in [-0.05, 0) is 25.5 Å². The second-order valence-electron chi connectivity index (χ2n) is 3.66. The van der Waals surface area contributed by atoms with Crippen molar-refractivity contribution >= 4 is 21.8 Å². The predicted octanol–water partition coefficient (Wildman–Crippen LogP) is 3.13. The lowest BCUT2D eigenvalue weighted by molar-refractivity contribution is 0.0770. The molecule has 0 fully saturated rings. The molecule has 0 saturated heterocycles. The highest BCUT2D eigenvalue weighted by molar-refractivity contribution is 9.09. The second-order valence-corrected chi connectivity index (χ2v) is 4.45. The van der Waals surface area contributed by atoms with Gasteiger partial charge in [0, 0.05) is 24.5 Å². The molecule has 1 amide bonds. The third-order valence-electron chi connectivity index (χ3n) is 2.50. The molecule has 0 aliphatic carbocycles. The van der Waals surface area contributed by atoms with Crippen molar-refractivity contribution in [2.45, 2.75) is 13.8 Å². The van der Waals surface area contributed by atoms with E-state index in [1.807, 2.05) is 6.92 Å².